The van der Waals surface area contributed by atoms with E-state index in [2.05, 4.69) is 5.32 Å². The first-order valence-electron chi connectivity index (χ1n) is 7.03. The first-order chi connectivity index (χ1) is 10.7. The summed E-state index contributed by atoms with van der Waals surface area (Å²) in [4.78, 5) is 1.15. The number of hydrogen-bond donors (Lipinski definition) is 2. The highest BCUT2D eigenvalue weighted by molar-refractivity contribution is 8.00. The molecule has 0 amide bonds. The second-order valence-electron chi connectivity index (χ2n) is 5.19. The fourth-order valence-electron chi connectivity index (χ4n) is 2.64. The van der Waals surface area contributed by atoms with Gasteiger partial charge in [0.1, 0.15) is 12.6 Å². The normalized spacial score (nSPS) is 18.1. The van der Waals surface area contributed by atoms with Crippen LogP contribution in [0.25, 0.3) is 0 Å². The Bertz CT molecular complexity index is 526. The van der Waals surface area contributed by atoms with Crippen molar-refractivity contribution in [1.82, 2.24) is 10.2 Å². The van der Waals surface area contributed by atoms with E-state index in [4.69, 9.17) is 5.11 Å². The van der Waals surface area contributed by atoms with Crippen LogP contribution in [0.3, 0.4) is 0 Å². The van der Waals surface area contributed by atoms with Crippen molar-refractivity contribution < 1.29 is 27.1 Å². The largest absolute Gasteiger partial charge is 0.446 e. The van der Waals surface area contributed by atoms with Crippen LogP contribution in [0.1, 0.15) is 11.6 Å². The first-order valence-corrected chi connectivity index (χ1v) is 7.84. The third kappa shape index (κ3) is 5.45. The lowest BCUT2D eigenvalue weighted by atomic mass is 9.98. The molecule has 3 nitrogen and oxygen atoms in total. The van der Waals surface area contributed by atoms with Crippen LogP contribution in [0.2, 0.25) is 0 Å². The van der Waals surface area contributed by atoms with Gasteiger partial charge in [0, 0.05) is 31.1 Å². The number of nitrogens with one attached hydrogen (secondary N) is 1. The number of aliphatic hydroxyl groups is 1. The van der Waals surface area contributed by atoms with Gasteiger partial charge in [0.25, 0.3) is 5.92 Å². The molecule has 0 aromatic heterocycles. The Morgan fingerprint density at radius 2 is 1.71 bits per heavy atom. The summed E-state index contributed by atoms with van der Waals surface area (Å²) in [6.45, 7) is 0.0440. The van der Waals surface area contributed by atoms with Crippen molar-refractivity contribution in [1.29, 1.82) is 0 Å². The Kier molecular flexibility index (Phi) is 7.74. The molecule has 0 radical (unpaired) electrons. The van der Waals surface area contributed by atoms with Gasteiger partial charge in [-0.2, -0.15) is 13.2 Å². The molecule has 2 N–H and O–H groups in total. The lowest BCUT2D eigenvalue weighted by Crippen LogP contribution is -2.51. The molecule has 0 spiro atoms. The Labute approximate surface area is 147 Å². The van der Waals surface area contributed by atoms with Gasteiger partial charge in [0.05, 0.1) is 0 Å². The molecule has 0 unspecified atom stereocenters. The Balaban J connectivity index is 0.00000288. The van der Waals surface area contributed by atoms with Crippen LogP contribution in [0, 0.1) is 0 Å². The smallest absolute Gasteiger partial charge is 0.390 e. The quantitative estimate of drug-likeness (QED) is 0.595. The molecule has 1 aromatic carbocycles. The summed E-state index contributed by atoms with van der Waals surface area (Å²) in [5, 5.41) is 12.1. The molecule has 1 saturated heterocycles. The standard InChI is InChI=1S/C14H17F5N2OS.ClH/c15-13(16,9-22)12(21-7-5-20-6-8-21)10-3-1-2-4-11(10)23-14(17,18)19;/h1-4,12,20,22H,5-9H2;1H/t12-;/m1./s1. The van der Waals surface area contributed by atoms with Gasteiger partial charge in [-0.3, -0.25) is 4.90 Å². The van der Waals surface area contributed by atoms with Crippen LogP contribution in [-0.2, 0) is 0 Å². The van der Waals surface area contributed by atoms with E-state index in [0.29, 0.717) is 13.1 Å². The molecule has 138 valence electrons. The zero-order valence-electron chi connectivity index (χ0n) is 12.5. The number of aliphatic hydroxyl groups excluding tert-OH is 1. The van der Waals surface area contributed by atoms with Gasteiger partial charge >= 0.3 is 5.51 Å². The van der Waals surface area contributed by atoms with Crippen molar-refractivity contribution in [3.8, 4) is 0 Å². The molecule has 1 aliphatic rings. The predicted molar refractivity (Wildman–Crippen MR) is 84.8 cm³/mol. The lowest BCUT2D eigenvalue weighted by Gasteiger charge is -2.39. The van der Waals surface area contributed by atoms with Crippen LogP contribution in [-0.4, -0.2) is 54.2 Å². The number of thioether (sulfide) groups is 1. The molecule has 1 atom stereocenters. The van der Waals surface area contributed by atoms with Crippen molar-refractivity contribution in [3.05, 3.63) is 29.8 Å². The van der Waals surface area contributed by atoms with Crippen molar-refractivity contribution in [2.24, 2.45) is 0 Å². The van der Waals surface area contributed by atoms with Gasteiger partial charge in [-0.1, -0.05) is 18.2 Å². The van der Waals surface area contributed by atoms with E-state index in [0.717, 1.165) is 0 Å². The molecular weight excluding hydrogens is 375 g/mol. The molecule has 10 heteroatoms. The van der Waals surface area contributed by atoms with E-state index in [-0.39, 0.29) is 36.0 Å². The van der Waals surface area contributed by atoms with Gasteiger partial charge in [0.15, 0.2) is 0 Å². The fourth-order valence-corrected chi connectivity index (χ4v) is 3.34. The Morgan fingerprint density at radius 1 is 1.12 bits per heavy atom. The highest BCUT2D eigenvalue weighted by Gasteiger charge is 2.45. The summed E-state index contributed by atoms with van der Waals surface area (Å²) >= 11 is -0.411. The maximum atomic E-state index is 14.3. The number of nitrogens with zero attached hydrogens (tertiary/aromatic N) is 1. The van der Waals surface area contributed by atoms with E-state index in [9.17, 15) is 22.0 Å². The van der Waals surface area contributed by atoms with Gasteiger partial charge in [-0.15, -0.1) is 12.4 Å². The highest BCUT2D eigenvalue weighted by atomic mass is 35.5. The second kappa shape index (κ2) is 8.66. The SMILES string of the molecule is Cl.OCC(F)(F)[C@@H](c1ccccc1SC(F)(F)F)N1CCNCC1. The molecule has 2 rings (SSSR count). The molecule has 1 aliphatic heterocycles. The number of alkyl halides is 5. The van der Waals surface area contributed by atoms with Crippen LogP contribution in [0.4, 0.5) is 22.0 Å². The molecule has 0 aliphatic carbocycles. The summed E-state index contributed by atoms with van der Waals surface area (Å²) in [6, 6.07) is 3.66. The Morgan fingerprint density at radius 3 is 2.25 bits per heavy atom. The first kappa shape index (κ1) is 21.4. The molecule has 1 fully saturated rings. The maximum absolute atomic E-state index is 14.3. The average molecular weight is 393 g/mol. The molecule has 24 heavy (non-hydrogen) atoms. The zero-order valence-corrected chi connectivity index (χ0v) is 14.2. The van der Waals surface area contributed by atoms with E-state index in [1.807, 2.05) is 0 Å². The third-order valence-corrected chi connectivity index (χ3v) is 4.39. The van der Waals surface area contributed by atoms with Crippen molar-refractivity contribution in [2.75, 3.05) is 32.8 Å². The van der Waals surface area contributed by atoms with E-state index < -0.39 is 35.8 Å². The Hall–Kier alpha value is -0.610. The van der Waals surface area contributed by atoms with E-state index in [1.54, 1.807) is 0 Å². The van der Waals surface area contributed by atoms with Crippen molar-refractivity contribution in [3.63, 3.8) is 0 Å². The van der Waals surface area contributed by atoms with Gasteiger partial charge in [0.2, 0.25) is 0 Å². The number of benzene rings is 1. The van der Waals surface area contributed by atoms with Crippen molar-refractivity contribution in [2.45, 2.75) is 22.4 Å². The summed E-state index contributed by atoms with van der Waals surface area (Å²) in [7, 11) is 0. The van der Waals surface area contributed by atoms with Gasteiger partial charge in [-0.25, -0.2) is 8.78 Å². The minimum atomic E-state index is -4.57. The molecule has 1 aromatic rings. The maximum Gasteiger partial charge on any atom is 0.446 e. The summed E-state index contributed by atoms with van der Waals surface area (Å²) in [6.07, 6.45) is 0. The lowest BCUT2D eigenvalue weighted by molar-refractivity contribution is -0.119. The molecule has 1 heterocycles. The summed E-state index contributed by atoms with van der Waals surface area (Å²) in [5.74, 6) is -3.54. The van der Waals surface area contributed by atoms with Crippen LogP contribution >= 0.6 is 24.2 Å². The van der Waals surface area contributed by atoms with Crippen molar-refractivity contribution >= 4 is 24.2 Å². The van der Waals surface area contributed by atoms with Crippen LogP contribution in [0.15, 0.2) is 29.2 Å². The zero-order chi connectivity index (χ0) is 17.1. The van der Waals surface area contributed by atoms with Gasteiger partial charge < -0.3 is 10.4 Å². The van der Waals surface area contributed by atoms with E-state index >= 15 is 0 Å². The average Bonchev–Trinajstić information content (AvgIpc) is 2.49. The number of rotatable bonds is 5. The summed E-state index contributed by atoms with van der Waals surface area (Å²) < 4.78 is 66.7. The fraction of sp³-hybridized carbons (Fsp3) is 0.571. The third-order valence-electron chi connectivity index (χ3n) is 3.57. The topological polar surface area (TPSA) is 35.5 Å². The van der Waals surface area contributed by atoms with Crippen LogP contribution in [0.5, 0.6) is 0 Å². The number of halogens is 6. The minimum Gasteiger partial charge on any atom is -0.390 e. The summed E-state index contributed by atoms with van der Waals surface area (Å²) in [5.41, 5.74) is -4.69. The highest BCUT2D eigenvalue weighted by Crippen LogP contribution is 2.45. The number of piperazine rings is 1. The molecule has 0 saturated carbocycles. The minimum absolute atomic E-state index is 0. The van der Waals surface area contributed by atoms with Crippen LogP contribution < -0.4 is 5.32 Å². The second-order valence-corrected chi connectivity index (χ2v) is 6.30. The van der Waals surface area contributed by atoms with Gasteiger partial charge in [-0.05, 0) is 23.4 Å². The molecular formula is C14H18ClF5N2OS. The molecule has 0 bridgehead atoms. The predicted octanol–water partition coefficient (Wildman–Crippen LogP) is 3.29. The number of hydrogen-bond acceptors (Lipinski definition) is 4. The van der Waals surface area contributed by atoms with E-state index in [1.165, 1.54) is 29.2 Å². The monoisotopic (exact) mass is 392 g/mol.